The lowest BCUT2D eigenvalue weighted by Gasteiger charge is -2.32. The monoisotopic (exact) mass is 290 g/mol. The van der Waals surface area contributed by atoms with Crippen molar-refractivity contribution in [3.8, 4) is 0 Å². The summed E-state index contributed by atoms with van der Waals surface area (Å²) in [6.07, 6.45) is 3.41. The molecule has 1 rings (SSSR count). The Bertz CT molecular complexity index is 346. The maximum atomic E-state index is 11.4. The van der Waals surface area contributed by atoms with Crippen molar-refractivity contribution in [2.75, 3.05) is 37.7 Å². The number of hydrogen-bond donors (Lipinski definition) is 1. The van der Waals surface area contributed by atoms with Crippen molar-refractivity contribution >= 4 is 9.84 Å². The molecular weight excluding hydrogens is 260 g/mol. The second kappa shape index (κ2) is 7.04. The lowest BCUT2D eigenvalue weighted by atomic mass is 9.76. The zero-order valence-corrected chi connectivity index (χ0v) is 13.5. The van der Waals surface area contributed by atoms with Crippen LogP contribution in [-0.4, -0.2) is 51.0 Å². The third-order valence-corrected chi connectivity index (χ3v) is 5.81. The summed E-state index contributed by atoms with van der Waals surface area (Å²) in [4.78, 5) is 2.28. The van der Waals surface area contributed by atoms with Gasteiger partial charge in [-0.2, -0.15) is 0 Å². The van der Waals surface area contributed by atoms with Crippen LogP contribution in [0.25, 0.3) is 0 Å². The molecule has 1 saturated heterocycles. The van der Waals surface area contributed by atoms with Crippen LogP contribution >= 0.6 is 0 Å². The van der Waals surface area contributed by atoms with Crippen LogP contribution in [0.4, 0.5) is 0 Å². The molecule has 0 radical (unpaired) electrons. The molecule has 0 aliphatic carbocycles. The minimum atomic E-state index is -2.75. The summed E-state index contributed by atoms with van der Waals surface area (Å²) in [7, 11) is -2.75. The van der Waals surface area contributed by atoms with Crippen molar-refractivity contribution in [3.63, 3.8) is 0 Å². The molecule has 1 fully saturated rings. The van der Waals surface area contributed by atoms with E-state index in [4.69, 9.17) is 5.73 Å². The number of nitrogens with zero attached hydrogens (tertiary/aromatic N) is 1. The third-order valence-electron chi connectivity index (χ3n) is 4.20. The molecule has 0 aromatic heterocycles. The molecule has 1 unspecified atom stereocenters. The van der Waals surface area contributed by atoms with Crippen LogP contribution in [0.1, 0.15) is 40.0 Å². The smallest absolute Gasteiger partial charge is 0.152 e. The van der Waals surface area contributed by atoms with Crippen molar-refractivity contribution < 1.29 is 8.42 Å². The highest BCUT2D eigenvalue weighted by Crippen LogP contribution is 2.32. The van der Waals surface area contributed by atoms with E-state index in [0.717, 1.165) is 25.9 Å². The first kappa shape index (κ1) is 16.9. The van der Waals surface area contributed by atoms with Gasteiger partial charge in [-0.3, -0.25) is 0 Å². The molecule has 0 bridgehead atoms. The summed E-state index contributed by atoms with van der Waals surface area (Å²) in [6.45, 7) is 10.0. The molecule has 4 nitrogen and oxygen atoms in total. The Balaban J connectivity index is 2.29. The van der Waals surface area contributed by atoms with Gasteiger partial charge in [-0.25, -0.2) is 8.42 Å². The fourth-order valence-electron chi connectivity index (χ4n) is 2.75. The normalized spacial score (nSPS) is 22.3. The van der Waals surface area contributed by atoms with E-state index in [-0.39, 0.29) is 0 Å². The molecule has 19 heavy (non-hydrogen) atoms. The van der Waals surface area contributed by atoms with Crippen molar-refractivity contribution in [3.05, 3.63) is 0 Å². The Kier molecular flexibility index (Phi) is 6.27. The van der Waals surface area contributed by atoms with Gasteiger partial charge in [0.05, 0.1) is 11.5 Å². The van der Waals surface area contributed by atoms with Gasteiger partial charge in [-0.1, -0.05) is 20.8 Å². The van der Waals surface area contributed by atoms with Gasteiger partial charge in [0.1, 0.15) is 0 Å². The van der Waals surface area contributed by atoms with Crippen LogP contribution in [0.2, 0.25) is 0 Å². The molecule has 1 aliphatic rings. The maximum Gasteiger partial charge on any atom is 0.152 e. The maximum absolute atomic E-state index is 11.4. The lowest BCUT2D eigenvalue weighted by molar-refractivity contribution is 0.196. The number of sulfone groups is 1. The highest BCUT2D eigenvalue weighted by atomic mass is 32.2. The van der Waals surface area contributed by atoms with E-state index >= 15 is 0 Å². The Morgan fingerprint density at radius 1 is 1.16 bits per heavy atom. The third kappa shape index (κ3) is 6.23. The van der Waals surface area contributed by atoms with Gasteiger partial charge in [0.2, 0.25) is 0 Å². The summed E-state index contributed by atoms with van der Waals surface area (Å²) >= 11 is 0. The molecule has 0 aromatic carbocycles. The molecule has 1 aliphatic heterocycles. The van der Waals surface area contributed by atoms with Crippen LogP contribution < -0.4 is 5.73 Å². The quantitative estimate of drug-likeness (QED) is 0.805. The SMILES string of the molecule is CC(C)(C)C(CCN)CCCN1CCS(=O)(=O)CC1. The van der Waals surface area contributed by atoms with Crippen molar-refractivity contribution in [2.24, 2.45) is 17.1 Å². The lowest BCUT2D eigenvalue weighted by Crippen LogP contribution is -2.40. The topological polar surface area (TPSA) is 63.4 Å². The number of nitrogens with two attached hydrogens (primary N) is 1. The van der Waals surface area contributed by atoms with Gasteiger partial charge in [0.15, 0.2) is 9.84 Å². The first-order valence-corrected chi connectivity index (χ1v) is 9.19. The van der Waals surface area contributed by atoms with E-state index in [9.17, 15) is 8.42 Å². The predicted molar refractivity (Wildman–Crippen MR) is 80.9 cm³/mol. The Hall–Kier alpha value is -0.130. The number of hydrogen-bond acceptors (Lipinski definition) is 4. The van der Waals surface area contributed by atoms with E-state index in [2.05, 4.69) is 25.7 Å². The molecule has 0 amide bonds. The highest BCUT2D eigenvalue weighted by Gasteiger charge is 2.25. The van der Waals surface area contributed by atoms with Crippen molar-refractivity contribution in [2.45, 2.75) is 40.0 Å². The fraction of sp³-hybridized carbons (Fsp3) is 1.00. The van der Waals surface area contributed by atoms with Crippen LogP contribution in [-0.2, 0) is 9.84 Å². The van der Waals surface area contributed by atoms with Gasteiger partial charge in [-0.15, -0.1) is 0 Å². The summed E-state index contributed by atoms with van der Waals surface area (Å²) in [5.41, 5.74) is 6.00. The van der Waals surface area contributed by atoms with Crippen LogP contribution in [0.3, 0.4) is 0 Å². The summed E-state index contributed by atoms with van der Waals surface area (Å²) in [5, 5.41) is 0. The van der Waals surface area contributed by atoms with E-state index < -0.39 is 9.84 Å². The molecule has 2 N–H and O–H groups in total. The minimum Gasteiger partial charge on any atom is -0.330 e. The summed E-state index contributed by atoms with van der Waals surface area (Å²) in [6, 6.07) is 0. The Morgan fingerprint density at radius 2 is 1.74 bits per heavy atom. The molecule has 1 atom stereocenters. The summed E-state index contributed by atoms with van der Waals surface area (Å²) < 4.78 is 22.7. The van der Waals surface area contributed by atoms with Crippen molar-refractivity contribution in [1.29, 1.82) is 0 Å². The Morgan fingerprint density at radius 3 is 2.21 bits per heavy atom. The van der Waals surface area contributed by atoms with E-state index in [1.165, 1.54) is 6.42 Å². The van der Waals surface area contributed by atoms with Crippen LogP contribution in [0.15, 0.2) is 0 Å². The van der Waals surface area contributed by atoms with Gasteiger partial charge >= 0.3 is 0 Å². The van der Waals surface area contributed by atoms with Gasteiger partial charge in [-0.05, 0) is 43.7 Å². The van der Waals surface area contributed by atoms with E-state index in [0.29, 0.717) is 35.9 Å². The molecule has 1 heterocycles. The van der Waals surface area contributed by atoms with E-state index in [1.807, 2.05) is 0 Å². The molecule has 5 heteroatoms. The molecule has 0 spiro atoms. The first-order valence-electron chi connectivity index (χ1n) is 7.37. The van der Waals surface area contributed by atoms with Crippen molar-refractivity contribution in [1.82, 2.24) is 4.90 Å². The standard InChI is InChI=1S/C14H30N2O2S/c1-14(2,3)13(6-7-15)5-4-8-16-9-11-19(17,18)12-10-16/h13H,4-12,15H2,1-3H3. The molecule has 0 saturated carbocycles. The largest absolute Gasteiger partial charge is 0.330 e. The minimum absolute atomic E-state index is 0.310. The molecule has 0 aromatic rings. The number of rotatable bonds is 6. The van der Waals surface area contributed by atoms with Crippen LogP contribution in [0, 0.1) is 11.3 Å². The second-order valence-electron chi connectivity index (χ2n) is 6.78. The van der Waals surface area contributed by atoms with Crippen LogP contribution in [0.5, 0.6) is 0 Å². The molecule has 114 valence electrons. The highest BCUT2D eigenvalue weighted by molar-refractivity contribution is 7.91. The van der Waals surface area contributed by atoms with E-state index in [1.54, 1.807) is 0 Å². The summed E-state index contributed by atoms with van der Waals surface area (Å²) in [5.74, 6) is 1.32. The second-order valence-corrected chi connectivity index (χ2v) is 9.08. The average Bonchev–Trinajstić information content (AvgIpc) is 2.29. The Labute approximate surface area is 118 Å². The fourth-order valence-corrected chi connectivity index (χ4v) is 4.02. The average molecular weight is 290 g/mol. The van der Waals surface area contributed by atoms with Gasteiger partial charge in [0.25, 0.3) is 0 Å². The van der Waals surface area contributed by atoms with Gasteiger partial charge in [0, 0.05) is 13.1 Å². The zero-order valence-electron chi connectivity index (χ0n) is 12.7. The zero-order chi connectivity index (χ0) is 14.5. The first-order chi connectivity index (χ1) is 8.74. The predicted octanol–water partition coefficient (Wildman–Crippen LogP) is 1.51. The molecular formula is C14H30N2O2S. The van der Waals surface area contributed by atoms with Gasteiger partial charge < -0.3 is 10.6 Å².